The molecule has 0 amide bonds. The topological polar surface area (TPSA) is 43.8 Å². The predicted octanol–water partition coefficient (Wildman–Crippen LogP) is 3.73. The van der Waals surface area contributed by atoms with Gasteiger partial charge in [0.2, 0.25) is 0 Å². The van der Waals surface area contributed by atoms with Gasteiger partial charge in [0.25, 0.3) is 0 Å². The Kier molecular flexibility index (Phi) is 3.26. The van der Waals surface area contributed by atoms with Gasteiger partial charge in [-0.05, 0) is 32.0 Å². The van der Waals surface area contributed by atoms with Gasteiger partial charge in [0.05, 0.1) is 11.3 Å². The third-order valence-corrected chi connectivity index (χ3v) is 2.81. The molecule has 19 heavy (non-hydrogen) atoms. The Morgan fingerprint density at radius 1 is 1.21 bits per heavy atom. The second-order valence-electron chi connectivity index (χ2n) is 4.55. The molecule has 0 radical (unpaired) electrons. The van der Waals surface area contributed by atoms with Gasteiger partial charge >= 0.3 is 6.18 Å². The zero-order valence-corrected chi connectivity index (χ0v) is 10.6. The number of aromatic nitrogens is 2. The van der Waals surface area contributed by atoms with Gasteiger partial charge in [0.15, 0.2) is 0 Å². The molecule has 1 aromatic carbocycles. The van der Waals surface area contributed by atoms with Crippen LogP contribution in [0.5, 0.6) is 0 Å². The van der Waals surface area contributed by atoms with Crippen LogP contribution in [-0.4, -0.2) is 9.78 Å². The second-order valence-corrected chi connectivity index (χ2v) is 4.55. The van der Waals surface area contributed by atoms with E-state index in [0.717, 1.165) is 6.07 Å². The summed E-state index contributed by atoms with van der Waals surface area (Å²) < 4.78 is 40.2. The molecule has 3 nitrogen and oxygen atoms in total. The lowest BCUT2D eigenvalue weighted by Crippen LogP contribution is -2.10. The summed E-state index contributed by atoms with van der Waals surface area (Å²) in [5.74, 6) is 0. The highest BCUT2D eigenvalue weighted by molar-refractivity contribution is 5.65. The first-order valence-corrected chi connectivity index (χ1v) is 5.81. The number of hydrogen-bond acceptors (Lipinski definition) is 2. The van der Waals surface area contributed by atoms with Crippen LogP contribution in [-0.2, 0) is 6.18 Å². The van der Waals surface area contributed by atoms with Gasteiger partial charge in [-0.1, -0.05) is 6.07 Å². The Morgan fingerprint density at radius 2 is 1.89 bits per heavy atom. The number of rotatable bonds is 2. The fourth-order valence-corrected chi connectivity index (χ4v) is 1.92. The average molecular weight is 269 g/mol. The van der Waals surface area contributed by atoms with E-state index in [1.54, 1.807) is 23.0 Å². The third kappa shape index (κ3) is 2.57. The maximum absolute atomic E-state index is 12.8. The summed E-state index contributed by atoms with van der Waals surface area (Å²) in [6.07, 6.45) is -2.89. The van der Waals surface area contributed by atoms with E-state index >= 15 is 0 Å². The molecule has 6 heteroatoms. The lowest BCUT2D eigenvalue weighted by molar-refractivity contribution is -0.136. The van der Waals surface area contributed by atoms with E-state index < -0.39 is 11.7 Å². The van der Waals surface area contributed by atoms with Gasteiger partial charge in [-0.3, -0.25) is 4.68 Å². The van der Waals surface area contributed by atoms with Crippen molar-refractivity contribution < 1.29 is 13.2 Å². The smallest absolute Gasteiger partial charge is 0.398 e. The van der Waals surface area contributed by atoms with Gasteiger partial charge in [-0.15, -0.1) is 0 Å². The van der Waals surface area contributed by atoms with Crippen molar-refractivity contribution in [2.75, 3.05) is 5.73 Å². The Morgan fingerprint density at radius 3 is 2.47 bits per heavy atom. The van der Waals surface area contributed by atoms with Crippen molar-refractivity contribution in [2.24, 2.45) is 0 Å². The first-order chi connectivity index (χ1) is 8.80. The molecule has 2 N–H and O–H groups in total. The molecule has 0 aliphatic carbocycles. The number of halogens is 3. The maximum atomic E-state index is 12.8. The maximum Gasteiger partial charge on any atom is 0.418 e. The monoisotopic (exact) mass is 269 g/mol. The van der Waals surface area contributed by atoms with Crippen molar-refractivity contribution in [3.8, 4) is 11.3 Å². The van der Waals surface area contributed by atoms with Gasteiger partial charge < -0.3 is 5.73 Å². The molecule has 0 spiro atoms. The molecule has 1 aromatic heterocycles. The minimum Gasteiger partial charge on any atom is -0.398 e. The van der Waals surface area contributed by atoms with Crippen LogP contribution < -0.4 is 5.73 Å². The molecule has 0 atom stereocenters. The van der Waals surface area contributed by atoms with Gasteiger partial charge in [0.1, 0.15) is 0 Å². The molecule has 0 fully saturated rings. The Hall–Kier alpha value is -1.98. The van der Waals surface area contributed by atoms with E-state index in [9.17, 15) is 13.2 Å². The Balaban J connectivity index is 2.55. The number of benzene rings is 1. The van der Waals surface area contributed by atoms with Crippen LogP contribution in [0.1, 0.15) is 25.5 Å². The zero-order valence-electron chi connectivity index (χ0n) is 10.6. The van der Waals surface area contributed by atoms with E-state index in [1.807, 2.05) is 13.8 Å². The SMILES string of the molecule is CC(C)n1nccc1-c1ccc(N)c(C(F)(F)F)c1. The van der Waals surface area contributed by atoms with Crippen LogP contribution in [0, 0.1) is 0 Å². The average Bonchev–Trinajstić information content (AvgIpc) is 2.77. The van der Waals surface area contributed by atoms with Crippen molar-refractivity contribution in [3.63, 3.8) is 0 Å². The molecule has 2 aromatic rings. The van der Waals surface area contributed by atoms with Crippen LogP contribution in [0.4, 0.5) is 18.9 Å². The van der Waals surface area contributed by atoms with Crippen LogP contribution in [0.25, 0.3) is 11.3 Å². The Bertz CT molecular complexity index is 585. The number of nitrogen functional groups attached to an aromatic ring is 1. The van der Waals surface area contributed by atoms with Crippen LogP contribution >= 0.6 is 0 Å². The summed E-state index contributed by atoms with van der Waals surface area (Å²) in [4.78, 5) is 0. The second kappa shape index (κ2) is 4.60. The van der Waals surface area contributed by atoms with Crippen molar-refractivity contribution in [3.05, 3.63) is 36.0 Å². The van der Waals surface area contributed by atoms with Crippen LogP contribution in [0.3, 0.4) is 0 Å². The normalized spacial score (nSPS) is 12.1. The standard InChI is InChI=1S/C13H14F3N3/c1-8(2)19-12(5-6-18-19)9-3-4-11(17)10(7-9)13(14,15)16/h3-8H,17H2,1-2H3. The molecule has 102 valence electrons. The number of anilines is 1. The van der Waals surface area contributed by atoms with Crippen molar-refractivity contribution in [2.45, 2.75) is 26.1 Å². The molecule has 0 bridgehead atoms. The quantitative estimate of drug-likeness (QED) is 0.844. The Labute approximate surface area is 108 Å². The van der Waals surface area contributed by atoms with Crippen LogP contribution in [0.2, 0.25) is 0 Å². The predicted molar refractivity (Wildman–Crippen MR) is 67.5 cm³/mol. The summed E-state index contributed by atoms with van der Waals surface area (Å²) in [7, 11) is 0. The first-order valence-electron chi connectivity index (χ1n) is 5.81. The summed E-state index contributed by atoms with van der Waals surface area (Å²) >= 11 is 0. The van der Waals surface area contributed by atoms with Crippen LogP contribution in [0.15, 0.2) is 30.5 Å². The largest absolute Gasteiger partial charge is 0.418 e. The molecular formula is C13H14F3N3. The lowest BCUT2D eigenvalue weighted by atomic mass is 10.1. The van der Waals surface area contributed by atoms with E-state index in [2.05, 4.69) is 5.10 Å². The summed E-state index contributed by atoms with van der Waals surface area (Å²) in [6, 6.07) is 5.66. The fourth-order valence-electron chi connectivity index (χ4n) is 1.92. The molecule has 0 unspecified atom stereocenters. The zero-order chi connectivity index (χ0) is 14.2. The molecule has 1 heterocycles. The highest BCUT2D eigenvalue weighted by atomic mass is 19.4. The third-order valence-electron chi connectivity index (χ3n) is 2.81. The lowest BCUT2D eigenvalue weighted by Gasteiger charge is -2.14. The summed E-state index contributed by atoms with van der Waals surface area (Å²) in [5.41, 5.74) is 5.39. The molecule has 2 rings (SSSR count). The van der Waals surface area contributed by atoms with E-state index in [0.29, 0.717) is 11.3 Å². The van der Waals surface area contributed by atoms with Gasteiger partial charge in [-0.2, -0.15) is 18.3 Å². The van der Waals surface area contributed by atoms with Gasteiger partial charge in [0, 0.05) is 23.5 Å². The molecule has 0 saturated carbocycles. The van der Waals surface area contributed by atoms with E-state index in [-0.39, 0.29) is 11.7 Å². The molecular weight excluding hydrogens is 255 g/mol. The minimum absolute atomic E-state index is 0.0666. The molecule has 0 saturated heterocycles. The summed E-state index contributed by atoms with van der Waals surface area (Å²) in [5, 5.41) is 4.11. The van der Waals surface area contributed by atoms with E-state index in [4.69, 9.17) is 5.73 Å². The fraction of sp³-hybridized carbons (Fsp3) is 0.308. The van der Waals surface area contributed by atoms with Crippen molar-refractivity contribution in [1.82, 2.24) is 9.78 Å². The number of alkyl halides is 3. The van der Waals surface area contributed by atoms with E-state index in [1.165, 1.54) is 6.07 Å². The number of hydrogen-bond donors (Lipinski definition) is 1. The highest BCUT2D eigenvalue weighted by Crippen LogP contribution is 2.36. The molecule has 0 aliphatic rings. The summed E-state index contributed by atoms with van der Waals surface area (Å²) in [6.45, 7) is 3.83. The van der Waals surface area contributed by atoms with Gasteiger partial charge in [-0.25, -0.2) is 0 Å². The highest BCUT2D eigenvalue weighted by Gasteiger charge is 2.33. The minimum atomic E-state index is -4.46. The first kappa shape index (κ1) is 13.5. The van der Waals surface area contributed by atoms with Crippen molar-refractivity contribution >= 4 is 5.69 Å². The van der Waals surface area contributed by atoms with Crippen molar-refractivity contribution in [1.29, 1.82) is 0 Å². The number of nitrogens with two attached hydrogens (primary N) is 1. The molecule has 0 aliphatic heterocycles. The number of nitrogens with zero attached hydrogens (tertiary/aromatic N) is 2.